The van der Waals surface area contributed by atoms with Gasteiger partial charge in [0.25, 0.3) is 0 Å². The van der Waals surface area contributed by atoms with Gasteiger partial charge in [0, 0.05) is 12.2 Å². The summed E-state index contributed by atoms with van der Waals surface area (Å²) in [7, 11) is 0. The highest BCUT2D eigenvalue weighted by Crippen LogP contribution is 2.21. The van der Waals surface area contributed by atoms with Crippen molar-refractivity contribution in [1.82, 2.24) is 4.90 Å². The van der Waals surface area contributed by atoms with Crippen molar-refractivity contribution in [2.75, 3.05) is 18.4 Å². The van der Waals surface area contributed by atoms with E-state index in [0.29, 0.717) is 11.6 Å². The van der Waals surface area contributed by atoms with Gasteiger partial charge in [-0.1, -0.05) is 18.5 Å². The maximum absolute atomic E-state index is 13.1. The van der Waals surface area contributed by atoms with Crippen molar-refractivity contribution in [3.63, 3.8) is 0 Å². The van der Waals surface area contributed by atoms with E-state index < -0.39 is 5.82 Å². The van der Waals surface area contributed by atoms with Gasteiger partial charge in [0.1, 0.15) is 5.82 Å². The predicted octanol–water partition coefficient (Wildman–Crippen LogP) is 3.54. The fourth-order valence-electron chi connectivity index (χ4n) is 2.56. The maximum Gasteiger partial charge on any atom is 0.241 e. The van der Waals surface area contributed by atoms with Crippen molar-refractivity contribution >= 4 is 23.2 Å². The number of likely N-dealkylation sites (tertiary alicyclic amines) is 1. The molecule has 1 amide bonds. The highest BCUT2D eigenvalue weighted by Gasteiger charge is 2.25. The Morgan fingerprint density at radius 3 is 2.95 bits per heavy atom. The smallest absolute Gasteiger partial charge is 0.241 e. The molecule has 0 bridgehead atoms. The third kappa shape index (κ3) is 3.70. The summed E-state index contributed by atoms with van der Waals surface area (Å²) in [5.41, 5.74) is 0.526. The number of halogens is 2. The van der Waals surface area contributed by atoms with Crippen LogP contribution >= 0.6 is 11.6 Å². The van der Waals surface area contributed by atoms with Crippen LogP contribution in [0, 0.1) is 11.7 Å². The monoisotopic (exact) mass is 298 g/mol. The molecule has 1 heterocycles. The minimum absolute atomic E-state index is 0.0158. The molecule has 0 unspecified atom stereocenters. The van der Waals surface area contributed by atoms with Gasteiger partial charge in [-0.2, -0.15) is 0 Å². The van der Waals surface area contributed by atoms with Crippen LogP contribution in [0.15, 0.2) is 18.2 Å². The lowest BCUT2D eigenvalue weighted by Crippen LogP contribution is -2.46. The number of anilines is 1. The molecule has 1 fully saturated rings. The van der Waals surface area contributed by atoms with Crippen LogP contribution < -0.4 is 5.32 Å². The number of hydrogen-bond donors (Lipinski definition) is 1. The van der Waals surface area contributed by atoms with Crippen molar-refractivity contribution in [2.24, 2.45) is 5.92 Å². The number of nitrogens with zero attached hydrogens (tertiary/aromatic N) is 1. The molecule has 1 N–H and O–H groups in total. The Kier molecular flexibility index (Phi) is 5.00. The van der Waals surface area contributed by atoms with Gasteiger partial charge in [-0.05, 0) is 50.4 Å². The van der Waals surface area contributed by atoms with Crippen molar-refractivity contribution < 1.29 is 9.18 Å². The number of hydrogen-bond acceptors (Lipinski definition) is 2. The van der Waals surface area contributed by atoms with Crippen molar-refractivity contribution in [1.29, 1.82) is 0 Å². The molecule has 0 aliphatic carbocycles. The number of nitrogens with one attached hydrogen (secondary N) is 1. The van der Waals surface area contributed by atoms with Crippen molar-refractivity contribution in [2.45, 2.75) is 32.7 Å². The normalized spacial score (nSPS) is 21.5. The summed E-state index contributed by atoms with van der Waals surface area (Å²) in [6.45, 7) is 6.00. The molecule has 5 heteroatoms. The number of benzene rings is 1. The van der Waals surface area contributed by atoms with Gasteiger partial charge in [0.15, 0.2) is 0 Å². The average Bonchev–Trinajstić information content (AvgIpc) is 2.42. The molecule has 0 saturated carbocycles. The minimum atomic E-state index is -0.484. The van der Waals surface area contributed by atoms with E-state index in [0.717, 1.165) is 19.5 Å². The Morgan fingerprint density at radius 1 is 1.55 bits per heavy atom. The third-order valence-corrected chi connectivity index (χ3v) is 4.09. The standard InChI is InChI=1S/C15H20ClFN2O/c1-10-4-3-7-19(9-10)11(2)15(20)18-12-5-6-14(17)13(16)8-12/h5-6,8,10-11H,3-4,7,9H2,1-2H3,(H,18,20)/t10-,11+/m1/s1. The summed E-state index contributed by atoms with van der Waals surface area (Å²) in [6.07, 6.45) is 2.35. The first-order valence-corrected chi connectivity index (χ1v) is 7.35. The molecular weight excluding hydrogens is 279 g/mol. The van der Waals surface area contributed by atoms with Gasteiger partial charge in [-0.3, -0.25) is 9.69 Å². The van der Waals surface area contributed by atoms with Crippen LogP contribution in [0.1, 0.15) is 26.7 Å². The van der Waals surface area contributed by atoms with Crippen LogP contribution in [-0.4, -0.2) is 29.9 Å². The van der Waals surface area contributed by atoms with Gasteiger partial charge >= 0.3 is 0 Å². The number of carbonyl (C=O) groups is 1. The number of amides is 1. The summed E-state index contributed by atoms with van der Waals surface area (Å²) in [6, 6.07) is 4.01. The Labute approximate surface area is 124 Å². The van der Waals surface area contributed by atoms with E-state index >= 15 is 0 Å². The van der Waals surface area contributed by atoms with Gasteiger partial charge < -0.3 is 5.32 Å². The summed E-state index contributed by atoms with van der Waals surface area (Å²) in [4.78, 5) is 14.4. The topological polar surface area (TPSA) is 32.3 Å². The van der Waals surface area contributed by atoms with Gasteiger partial charge in [0.05, 0.1) is 11.1 Å². The van der Waals surface area contributed by atoms with E-state index in [9.17, 15) is 9.18 Å². The summed E-state index contributed by atoms with van der Waals surface area (Å²) < 4.78 is 13.1. The second-order valence-corrected chi connectivity index (χ2v) is 5.94. The summed E-state index contributed by atoms with van der Waals surface area (Å²) in [5, 5.41) is 2.81. The summed E-state index contributed by atoms with van der Waals surface area (Å²) >= 11 is 5.71. The lowest BCUT2D eigenvalue weighted by Gasteiger charge is -2.34. The predicted molar refractivity (Wildman–Crippen MR) is 79.5 cm³/mol. The van der Waals surface area contributed by atoms with Gasteiger partial charge in [0.2, 0.25) is 5.91 Å². The molecule has 3 nitrogen and oxygen atoms in total. The van der Waals surface area contributed by atoms with Gasteiger partial charge in [-0.15, -0.1) is 0 Å². The molecule has 0 spiro atoms. The number of carbonyl (C=O) groups excluding carboxylic acids is 1. The Balaban J connectivity index is 1.98. The second kappa shape index (κ2) is 6.55. The van der Waals surface area contributed by atoms with Crippen LogP contribution in [0.4, 0.5) is 10.1 Å². The molecule has 1 aromatic carbocycles. The first-order valence-electron chi connectivity index (χ1n) is 6.97. The fourth-order valence-corrected chi connectivity index (χ4v) is 2.74. The van der Waals surface area contributed by atoms with Crippen molar-refractivity contribution in [3.8, 4) is 0 Å². The van der Waals surface area contributed by atoms with Gasteiger partial charge in [-0.25, -0.2) is 4.39 Å². The molecule has 2 rings (SSSR count). The van der Waals surface area contributed by atoms with E-state index in [2.05, 4.69) is 17.1 Å². The highest BCUT2D eigenvalue weighted by atomic mass is 35.5. The van der Waals surface area contributed by atoms with E-state index in [1.54, 1.807) is 0 Å². The lowest BCUT2D eigenvalue weighted by atomic mass is 9.99. The highest BCUT2D eigenvalue weighted by molar-refractivity contribution is 6.31. The van der Waals surface area contributed by atoms with Crippen LogP contribution in [0.3, 0.4) is 0 Å². The first-order chi connectivity index (χ1) is 9.47. The largest absolute Gasteiger partial charge is 0.325 e. The Morgan fingerprint density at radius 2 is 2.30 bits per heavy atom. The van der Waals surface area contributed by atoms with Crippen LogP contribution in [0.5, 0.6) is 0 Å². The fraction of sp³-hybridized carbons (Fsp3) is 0.533. The van der Waals surface area contributed by atoms with E-state index in [1.807, 2.05) is 6.92 Å². The zero-order valence-corrected chi connectivity index (χ0v) is 12.6. The molecule has 1 aliphatic rings. The van der Waals surface area contributed by atoms with Crippen LogP contribution in [0.2, 0.25) is 5.02 Å². The van der Waals surface area contributed by atoms with Crippen molar-refractivity contribution in [3.05, 3.63) is 29.0 Å². The Bertz CT molecular complexity index is 495. The average molecular weight is 299 g/mol. The molecule has 1 aromatic rings. The first kappa shape index (κ1) is 15.3. The minimum Gasteiger partial charge on any atom is -0.325 e. The molecule has 1 aliphatic heterocycles. The summed E-state index contributed by atoms with van der Waals surface area (Å²) in [5.74, 6) is 0.0589. The molecular formula is C15H20ClFN2O. The van der Waals surface area contributed by atoms with Crippen LogP contribution in [0.25, 0.3) is 0 Å². The van der Waals surface area contributed by atoms with E-state index in [4.69, 9.17) is 11.6 Å². The molecule has 20 heavy (non-hydrogen) atoms. The molecule has 0 radical (unpaired) electrons. The zero-order valence-electron chi connectivity index (χ0n) is 11.8. The number of piperidine rings is 1. The quantitative estimate of drug-likeness (QED) is 0.926. The molecule has 2 atom stereocenters. The number of rotatable bonds is 3. The van der Waals surface area contributed by atoms with Crippen LogP contribution in [-0.2, 0) is 4.79 Å². The maximum atomic E-state index is 13.1. The second-order valence-electron chi connectivity index (χ2n) is 5.54. The molecule has 110 valence electrons. The zero-order chi connectivity index (χ0) is 14.7. The van der Waals surface area contributed by atoms with E-state index in [-0.39, 0.29) is 17.0 Å². The lowest BCUT2D eigenvalue weighted by molar-refractivity contribution is -0.121. The SMILES string of the molecule is C[C@@H]1CCCN([C@@H](C)C(=O)Nc2ccc(F)c(Cl)c2)C1. The molecule has 1 saturated heterocycles. The molecule has 0 aromatic heterocycles. The Hall–Kier alpha value is -1.13. The third-order valence-electron chi connectivity index (χ3n) is 3.80. The van der Waals surface area contributed by atoms with E-state index in [1.165, 1.54) is 24.6 Å².